The van der Waals surface area contributed by atoms with Crippen molar-refractivity contribution in [3.05, 3.63) is 56.9 Å². The summed E-state index contributed by atoms with van der Waals surface area (Å²) in [6.07, 6.45) is 3.83. The van der Waals surface area contributed by atoms with E-state index in [1.165, 1.54) is 17.4 Å². The highest BCUT2D eigenvalue weighted by molar-refractivity contribution is 7.98. The molecule has 1 amide bonds. The minimum Gasteiger partial charge on any atom is -0.347 e. The van der Waals surface area contributed by atoms with Gasteiger partial charge >= 0.3 is 0 Å². The molecular weight excluding hydrogens is 426 g/mol. The summed E-state index contributed by atoms with van der Waals surface area (Å²) < 4.78 is 27.5. The van der Waals surface area contributed by atoms with E-state index >= 15 is 0 Å². The zero-order valence-corrected chi connectivity index (χ0v) is 19.5. The Kier molecular flexibility index (Phi) is 8.88. The predicted octanol–water partition coefficient (Wildman–Crippen LogP) is 3.65. The van der Waals surface area contributed by atoms with Gasteiger partial charge < -0.3 is 5.32 Å². The summed E-state index contributed by atoms with van der Waals surface area (Å²) in [5.41, 5.74) is 1.65. The van der Waals surface area contributed by atoms with Gasteiger partial charge in [0.25, 0.3) is 0 Å². The summed E-state index contributed by atoms with van der Waals surface area (Å²) in [5.74, 6) is 0.324. The highest BCUT2D eigenvalue weighted by Gasteiger charge is 2.25. The molecule has 29 heavy (non-hydrogen) atoms. The first kappa shape index (κ1) is 23.6. The molecule has 0 aliphatic rings. The van der Waals surface area contributed by atoms with E-state index in [4.69, 9.17) is 0 Å². The molecule has 1 heterocycles. The second kappa shape index (κ2) is 10.9. The Labute approximate surface area is 181 Å². The summed E-state index contributed by atoms with van der Waals surface area (Å²) in [6, 6.07) is 8.06. The Morgan fingerprint density at radius 2 is 1.97 bits per heavy atom. The number of carbonyl (C=O) groups is 1. The predicted molar refractivity (Wildman–Crippen MR) is 122 cm³/mol. The van der Waals surface area contributed by atoms with Crippen molar-refractivity contribution in [1.82, 2.24) is 15.0 Å². The van der Waals surface area contributed by atoms with E-state index in [0.29, 0.717) is 12.2 Å². The topological polar surface area (TPSA) is 88.2 Å². The van der Waals surface area contributed by atoms with Crippen LogP contribution in [0.25, 0.3) is 6.08 Å². The highest BCUT2D eigenvalue weighted by Crippen LogP contribution is 2.24. The number of hydrogen-bond donors (Lipinski definition) is 2. The molecular formula is C20H27N3O3S3. The van der Waals surface area contributed by atoms with Crippen LogP contribution in [0, 0.1) is 13.8 Å². The van der Waals surface area contributed by atoms with Gasteiger partial charge in [0.2, 0.25) is 15.9 Å². The maximum absolute atomic E-state index is 12.8. The van der Waals surface area contributed by atoms with Crippen molar-refractivity contribution in [2.45, 2.75) is 39.3 Å². The molecule has 0 spiro atoms. The van der Waals surface area contributed by atoms with Crippen LogP contribution in [0.15, 0.2) is 35.7 Å². The van der Waals surface area contributed by atoms with Crippen molar-refractivity contribution in [3.8, 4) is 0 Å². The van der Waals surface area contributed by atoms with Gasteiger partial charge in [0, 0.05) is 10.3 Å². The molecule has 158 valence electrons. The molecule has 9 heteroatoms. The lowest BCUT2D eigenvalue weighted by Crippen LogP contribution is -2.47. The molecule has 0 fully saturated rings. The number of carbonyl (C=O) groups excluding carboxylic acids is 1. The number of amides is 1. The van der Waals surface area contributed by atoms with E-state index in [-0.39, 0.29) is 11.9 Å². The van der Waals surface area contributed by atoms with E-state index in [0.717, 1.165) is 26.6 Å². The van der Waals surface area contributed by atoms with Gasteiger partial charge in [0.05, 0.1) is 16.7 Å². The molecule has 0 aliphatic heterocycles. The number of sulfonamides is 1. The normalized spacial score (nSPS) is 14.1. The van der Waals surface area contributed by atoms with Crippen molar-refractivity contribution >= 4 is 45.1 Å². The summed E-state index contributed by atoms with van der Waals surface area (Å²) in [6.45, 7) is 5.71. The number of nitrogens with one attached hydrogen (secondary N) is 2. The van der Waals surface area contributed by atoms with Crippen LogP contribution in [0.5, 0.6) is 0 Å². The lowest BCUT2D eigenvalue weighted by atomic mass is 10.2. The zero-order chi connectivity index (χ0) is 21.4. The van der Waals surface area contributed by atoms with Crippen molar-refractivity contribution in [2.24, 2.45) is 0 Å². The maximum Gasteiger partial charge on any atom is 0.238 e. The molecule has 2 unspecified atom stereocenters. The molecule has 0 aliphatic carbocycles. The van der Waals surface area contributed by atoms with E-state index in [2.05, 4.69) is 15.0 Å². The number of benzene rings is 1. The fourth-order valence-electron chi connectivity index (χ4n) is 2.78. The molecule has 0 bridgehead atoms. The summed E-state index contributed by atoms with van der Waals surface area (Å²) in [7, 11) is -3.77. The first-order valence-corrected chi connectivity index (χ1v) is 13.0. The molecule has 2 N–H and O–H groups in total. The number of thioether (sulfide) groups is 1. The summed E-state index contributed by atoms with van der Waals surface area (Å²) in [5, 5.41) is 4.96. The van der Waals surface area contributed by atoms with Crippen LogP contribution in [-0.2, 0) is 14.8 Å². The Balaban J connectivity index is 2.09. The van der Waals surface area contributed by atoms with Crippen LogP contribution in [-0.4, -0.2) is 37.4 Å². The standard InChI is InChI=1S/C20H27N3O3S3/c1-14-19(28-16(3)21-14)15(2)22-20(24)18(10-12-27-4)23-29(25,26)13-11-17-8-6-5-7-9-17/h5-9,11,13,15,18,23H,10,12H2,1-4H3,(H,22,24)/b13-11+. The van der Waals surface area contributed by atoms with Crippen molar-refractivity contribution in [2.75, 3.05) is 12.0 Å². The Morgan fingerprint density at radius 1 is 1.28 bits per heavy atom. The molecule has 0 saturated heterocycles. The third-order valence-electron chi connectivity index (χ3n) is 4.16. The van der Waals surface area contributed by atoms with Crippen LogP contribution in [0.2, 0.25) is 0 Å². The van der Waals surface area contributed by atoms with E-state index < -0.39 is 16.1 Å². The molecule has 0 saturated carbocycles. The Hall–Kier alpha value is -1.68. The second-order valence-electron chi connectivity index (χ2n) is 6.62. The monoisotopic (exact) mass is 453 g/mol. The number of nitrogens with zero attached hydrogens (tertiary/aromatic N) is 1. The van der Waals surface area contributed by atoms with E-state index in [1.54, 1.807) is 11.8 Å². The molecule has 2 atom stereocenters. The van der Waals surface area contributed by atoms with Crippen molar-refractivity contribution in [3.63, 3.8) is 0 Å². The number of rotatable bonds is 10. The fourth-order valence-corrected chi connectivity index (χ4v) is 5.22. The van der Waals surface area contributed by atoms with Gasteiger partial charge in [0.1, 0.15) is 6.04 Å². The lowest BCUT2D eigenvalue weighted by Gasteiger charge is -2.20. The van der Waals surface area contributed by atoms with E-state index in [9.17, 15) is 13.2 Å². The fraction of sp³-hybridized carbons (Fsp3) is 0.400. The largest absolute Gasteiger partial charge is 0.347 e. The van der Waals surface area contributed by atoms with E-state index in [1.807, 2.05) is 57.4 Å². The Bertz CT molecular complexity index is 940. The second-order valence-corrected chi connectivity index (χ2v) is 10.4. The van der Waals surface area contributed by atoms with Crippen LogP contribution in [0.3, 0.4) is 0 Å². The highest BCUT2D eigenvalue weighted by atomic mass is 32.2. The summed E-state index contributed by atoms with van der Waals surface area (Å²) >= 11 is 3.10. The number of aryl methyl sites for hydroxylation is 2. The molecule has 2 rings (SSSR count). The van der Waals surface area contributed by atoms with Gasteiger partial charge in [0.15, 0.2) is 0 Å². The van der Waals surface area contributed by atoms with Gasteiger partial charge in [-0.2, -0.15) is 16.5 Å². The van der Waals surface area contributed by atoms with Crippen molar-refractivity contribution < 1.29 is 13.2 Å². The van der Waals surface area contributed by atoms with Crippen LogP contribution < -0.4 is 10.0 Å². The first-order chi connectivity index (χ1) is 13.7. The minimum atomic E-state index is -3.77. The quantitative estimate of drug-likeness (QED) is 0.573. The van der Waals surface area contributed by atoms with Gasteiger partial charge in [-0.3, -0.25) is 4.79 Å². The smallest absolute Gasteiger partial charge is 0.238 e. The average molecular weight is 454 g/mol. The number of thiazole rings is 1. The number of hydrogen-bond acceptors (Lipinski definition) is 6. The maximum atomic E-state index is 12.8. The third-order valence-corrected chi connectivity index (χ3v) is 7.17. The van der Waals surface area contributed by atoms with Crippen LogP contribution in [0.1, 0.15) is 40.5 Å². The van der Waals surface area contributed by atoms with Gasteiger partial charge in [-0.25, -0.2) is 13.4 Å². The SMILES string of the molecule is CSCCC(NS(=O)(=O)/C=C/c1ccccc1)C(=O)NC(C)c1sc(C)nc1C. The van der Waals surface area contributed by atoms with Crippen LogP contribution >= 0.6 is 23.1 Å². The van der Waals surface area contributed by atoms with Gasteiger partial charge in [-0.15, -0.1) is 11.3 Å². The molecule has 6 nitrogen and oxygen atoms in total. The molecule has 1 aromatic heterocycles. The first-order valence-electron chi connectivity index (χ1n) is 9.20. The average Bonchev–Trinajstić information content (AvgIpc) is 3.02. The Morgan fingerprint density at radius 3 is 2.55 bits per heavy atom. The number of aromatic nitrogens is 1. The van der Waals surface area contributed by atoms with Gasteiger partial charge in [-0.05, 0) is 50.8 Å². The lowest BCUT2D eigenvalue weighted by molar-refractivity contribution is -0.123. The zero-order valence-electron chi connectivity index (χ0n) is 17.0. The molecule has 1 aromatic carbocycles. The van der Waals surface area contributed by atoms with Gasteiger partial charge in [-0.1, -0.05) is 30.3 Å². The minimum absolute atomic E-state index is 0.241. The molecule has 2 aromatic rings. The third kappa shape index (κ3) is 7.58. The molecule has 0 radical (unpaired) electrons. The summed E-state index contributed by atoms with van der Waals surface area (Å²) in [4.78, 5) is 18.2. The van der Waals surface area contributed by atoms with Crippen LogP contribution in [0.4, 0.5) is 0 Å². The van der Waals surface area contributed by atoms with Crippen molar-refractivity contribution in [1.29, 1.82) is 0 Å².